The molecular formula is C19H25N5O3S. The van der Waals surface area contributed by atoms with Gasteiger partial charge in [0.15, 0.2) is 11.5 Å². The Morgan fingerprint density at radius 2 is 2.07 bits per heavy atom. The van der Waals surface area contributed by atoms with E-state index in [1.807, 2.05) is 17.5 Å². The predicted octanol–water partition coefficient (Wildman–Crippen LogP) is 1.41. The van der Waals surface area contributed by atoms with Crippen LogP contribution in [0.2, 0.25) is 0 Å². The molecule has 4 heterocycles. The van der Waals surface area contributed by atoms with Gasteiger partial charge in [-0.15, -0.1) is 16.4 Å². The Labute approximate surface area is 168 Å². The highest BCUT2D eigenvalue weighted by atomic mass is 32.1. The van der Waals surface area contributed by atoms with Gasteiger partial charge in [0.1, 0.15) is 0 Å². The number of nitrogens with zero attached hydrogens (tertiary/aromatic N) is 5. The van der Waals surface area contributed by atoms with Gasteiger partial charge in [0, 0.05) is 38.6 Å². The lowest BCUT2D eigenvalue weighted by molar-refractivity contribution is 0.0359. The van der Waals surface area contributed by atoms with Gasteiger partial charge in [-0.1, -0.05) is 11.3 Å². The van der Waals surface area contributed by atoms with Crippen molar-refractivity contribution in [1.29, 1.82) is 0 Å². The number of carbonyl (C=O) groups excluding carboxylic acids is 2. The Balaban J connectivity index is 1.33. The van der Waals surface area contributed by atoms with Crippen molar-refractivity contribution in [2.75, 3.05) is 45.9 Å². The van der Waals surface area contributed by atoms with Crippen molar-refractivity contribution >= 4 is 23.0 Å². The molecule has 2 fully saturated rings. The van der Waals surface area contributed by atoms with E-state index in [-0.39, 0.29) is 17.6 Å². The van der Waals surface area contributed by atoms with Gasteiger partial charge in [-0.2, -0.15) is 0 Å². The highest BCUT2D eigenvalue weighted by Crippen LogP contribution is 2.24. The monoisotopic (exact) mass is 403 g/mol. The molecule has 0 unspecified atom stereocenters. The number of likely N-dealkylation sites (tertiary alicyclic amines) is 1. The zero-order chi connectivity index (χ0) is 19.3. The third-order valence-corrected chi connectivity index (χ3v) is 6.23. The maximum absolute atomic E-state index is 12.8. The standard InChI is InChI=1S/C19H25N5O3S/c25-18(17-4-2-12-28-17)15-3-1-5-23(13-15)19(26)16-14-24(21-20-16)7-6-22-8-10-27-11-9-22/h2,4,12,14-15H,1,3,5-11,13H2/t15-/m1/s1. The Morgan fingerprint density at radius 1 is 1.21 bits per heavy atom. The Morgan fingerprint density at radius 3 is 2.86 bits per heavy atom. The minimum atomic E-state index is -0.138. The van der Waals surface area contributed by atoms with Crippen LogP contribution in [0.25, 0.3) is 0 Å². The van der Waals surface area contributed by atoms with Gasteiger partial charge in [0.2, 0.25) is 0 Å². The highest BCUT2D eigenvalue weighted by molar-refractivity contribution is 7.12. The molecule has 9 heteroatoms. The minimum Gasteiger partial charge on any atom is -0.379 e. The lowest BCUT2D eigenvalue weighted by Crippen LogP contribution is -2.42. The van der Waals surface area contributed by atoms with Gasteiger partial charge in [-0.05, 0) is 24.3 Å². The number of Topliss-reactive ketones (excluding diaryl/α,β-unsaturated/α-hetero) is 1. The second kappa shape index (κ2) is 8.93. The summed E-state index contributed by atoms with van der Waals surface area (Å²) >= 11 is 1.46. The normalized spacial score (nSPS) is 21.0. The largest absolute Gasteiger partial charge is 0.379 e. The molecule has 0 saturated carbocycles. The molecule has 28 heavy (non-hydrogen) atoms. The number of morpholine rings is 1. The van der Waals surface area contributed by atoms with Crippen molar-refractivity contribution in [3.05, 3.63) is 34.3 Å². The summed E-state index contributed by atoms with van der Waals surface area (Å²) in [6, 6.07) is 3.74. The summed E-state index contributed by atoms with van der Waals surface area (Å²) in [5.74, 6) is -0.129. The van der Waals surface area contributed by atoms with Crippen LogP contribution in [0.5, 0.6) is 0 Å². The maximum atomic E-state index is 12.8. The number of thiophene rings is 1. The first kappa shape index (κ1) is 19.2. The summed E-state index contributed by atoms with van der Waals surface area (Å²) in [5, 5.41) is 10.1. The molecule has 150 valence electrons. The molecular weight excluding hydrogens is 378 g/mol. The minimum absolute atomic E-state index is 0.132. The summed E-state index contributed by atoms with van der Waals surface area (Å²) in [6.07, 6.45) is 3.37. The van der Waals surface area contributed by atoms with E-state index in [1.54, 1.807) is 15.8 Å². The molecule has 0 spiro atoms. The summed E-state index contributed by atoms with van der Waals surface area (Å²) in [5.41, 5.74) is 0.353. The van der Waals surface area contributed by atoms with Gasteiger partial charge in [-0.25, -0.2) is 0 Å². The summed E-state index contributed by atoms with van der Waals surface area (Å²) in [6.45, 7) is 6.05. The number of hydrogen-bond acceptors (Lipinski definition) is 7. The van der Waals surface area contributed by atoms with E-state index in [2.05, 4.69) is 15.2 Å². The predicted molar refractivity (Wildman–Crippen MR) is 105 cm³/mol. The first-order valence-corrected chi connectivity index (χ1v) is 10.7. The molecule has 1 atom stereocenters. The number of aromatic nitrogens is 3. The lowest BCUT2D eigenvalue weighted by Gasteiger charge is -2.31. The molecule has 0 N–H and O–H groups in total. The molecule has 2 aromatic rings. The number of carbonyl (C=O) groups is 2. The van der Waals surface area contributed by atoms with Gasteiger partial charge >= 0.3 is 0 Å². The fourth-order valence-corrected chi connectivity index (χ4v) is 4.48. The van der Waals surface area contributed by atoms with E-state index in [4.69, 9.17) is 4.74 Å². The zero-order valence-electron chi connectivity index (χ0n) is 15.8. The van der Waals surface area contributed by atoms with Crippen LogP contribution in [0.15, 0.2) is 23.7 Å². The molecule has 0 bridgehead atoms. The van der Waals surface area contributed by atoms with Crippen LogP contribution >= 0.6 is 11.3 Å². The van der Waals surface area contributed by atoms with Gasteiger partial charge in [-0.3, -0.25) is 19.2 Å². The molecule has 8 nitrogen and oxygen atoms in total. The van der Waals surface area contributed by atoms with E-state index < -0.39 is 0 Å². The van der Waals surface area contributed by atoms with Crippen LogP contribution in [0.4, 0.5) is 0 Å². The number of hydrogen-bond donors (Lipinski definition) is 0. The average Bonchev–Trinajstić information content (AvgIpc) is 3.44. The third-order valence-electron chi connectivity index (χ3n) is 5.35. The fourth-order valence-electron chi connectivity index (χ4n) is 3.73. The molecule has 1 amide bonds. The molecule has 0 aromatic carbocycles. The first-order chi connectivity index (χ1) is 13.7. The van der Waals surface area contributed by atoms with Gasteiger partial charge < -0.3 is 9.64 Å². The van der Waals surface area contributed by atoms with Gasteiger partial charge in [0.05, 0.1) is 30.8 Å². The SMILES string of the molecule is O=C(c1cccs1)[C@@H]1CCCN(C(=O)c2cn(CCN3CCOCC3)nn2)C1. The van der Waals surface area contributed by atoms with Crippen molar-refractivity contribution in [2.45, 2.75) is 19.4 Å². The number of piperidine rings is 1. The first-order valence-electron chi connectivity index (χ1n) is 9.78. The molecule has 0 aliphatic carbocycles. The fraction of sp³-hybridized carbons (Fsp3) is 0.579. The van der Waals surface area contributed by atoms with Crippen LogP contribution < -0.4 is 0 Å². The highest BCUT2D eigenvalue weighted by Gasteiger charge is 2.30. The smallest absolute Gasteiger partial charge is 0.276 e. The number of ether oxygens (including phenoxy) is 1. The van der Waals surface area contributed by atoms with Crippen LogP contribution in [-0.2, 0) is 11.3 Å². The second-order valence-electron chi connectivity index (χ2n) is 7.25. The number of amides is 1. The Hall–Kier alpha value is -2.10. The maximum Gasteiger partial charge on any atom is 0.276 e. The molecule has 2 aromatic heterocycles. The molecule has 0 radical (unpaired) electrons. The van der Waals surface area contributed by atoms with E-state index >= 15 is 0 Å². The summed E-state index contributed by atoms with van der Waals surface area (Å²) in [4.78, 5) is 30.3. The summed E-state index contributed by atoms with van der Waals surface area (Å²) in [7, 11) is 0. The van der Waals surface area contributed by atoms with Crippen molar-refractivity contribution in [1.82, 2.24) is 24.8 Å². The third kappa shape index (κ3) is 4.48. The van der Waals surface area contributed by atoms with Crippen molar-refractivity contribution in [3.63, 3.8) is 0 Å². The van der Waals surface area contributed by atoms with E-state index in [0.29, 0.717) is 25.3 Å². The molecule has 4 rings (SSSR count). The Kier molecular flexibility index (Phi) is 6.13. The van der Waals surface area contributed by atoms with Crippen molar-refractivity contribution in [3.8, 4) is 0 Å². The quantitative estimate of drug-likeness (QED) is 0.679. The molecule has 2 saturated heterocycles. The number of rotatable bonds is 6. The topological polar surface area (TPSA) is 80.6 Å². The van der Waals surface area contributed by atoms with Crippen LogP contribution in [0.3, 0.4) is 0 Å². The van der Waals surface area contributed by atoms with Crippen LogP contribution in [0.1, 0.15) is 33.0 Å². The molecule has 2 aliphatic heterocycles. The summed E-state index contributed by atoms with van der Waals surface area (Å²) < 4.78 is 7.08. The van der Waals surface area contributed by atoms with E-state index in [1.165, 1.54) is 11.3 Å². The number of ketones is 1. The second-order valence-corrected chi connectivity index (χ2v) is 8.20. The molecule has 2 aliphatic rings. The van der Waals surface area contributed by atoms with E-state index in [0.717, 1.165) is 50.6 Å². The van der Waals surface area contributed by atoms with Crippen LogP contribution in [-0.4, -0.2) is 82.4 Å². The van der Waals surface area contributed by atoms with Gasteiger partial charge in [0.25, 0.3) is 5.91 Å². The van der Waals surface area contributed by atoms with E-state index in [9.17, 15) is 9.59 Å². The van der Waals surface area contributed by atoms with Crippen LogP contribution in [0, 0.1) is 5.92 Å². The Bertz CT molecular complexity index is 800. The average molecular weight is 404 g/mol. The van der Waals surface area contributed by atoms with Crippen molar-refractivity contribution in [2.24, 2.45) is 5.92 Å². The van der Waals surface area contributed by atoms with Crippen molar-refractivity contribution < 1.29 is 14.3 Å². The lowest BCUT2D eigenvalue weighted by atomic mass is 9.93. The zero-order valence-corrected chi connectivity index (χ0v) is 16.6.